The Morgan fingerprint density at radius 1 is 0.455 bits per heavy atom. The lowest BCUT2D eigenvalue weighted by Crippen LogP contribution is -2.41. The zero-order chi connectivity index (χ0) is 47.0. The van der Waals surface area contributed by atoms with Gasteiger partial charge in [-0.25, -0.2) is 0 Å². The minimum atomic E-state index is -0.476. The Morgan fingerprint density at radius 3 is 1.39 bits per heavy atom. The zero-order valence-corrected chi connectivity index (χ0v) is 40.8. The van der Waals surface area contributed by atoms with Crippen LogP contribution in [0.2, 0.25) is 0 Å². The van der Waals surface area contributed by atoms with E-state index in [2.05, 4.69) is 88.4 Å². The van der Waals surface area contributed by atoms with Crippen LogP contribution in [0.1, 0.15) is 94.4 Å². The van der Waals surface area contributed by atoms with Crippen LogP contribution in [0.4, 0.5) is 0 Å². The summed E-state index contributed by atoms with van der Waals surface area (Å²) in [6.45, 7) is 24.5. The molecule has 0 spiro atoms. The highest BCUT2D eigenvalue weighted by Crippen LogP contribution is 2.44. The van der Waals surface area contributed by atoms with Gasteiger partial charge in [0.15, 0.2) is 16.2 Å². The lowest BCUT2D eigenvalue weighted by Gasteiger charge is -2.32. The van der Waals surface area contributed by atoms with Crippen molar-refractivity contribution >= 4 is 82.2 Å². The van der Waals surface area contributed by atoms with Crippen LogP contribution >= 0.6 is 11.6 Å². The van der Waals surface area contributed by atoms with E-state index in [-0.39, 0.29) is 33.6 Å². The lowest BCUT2D eigenvalue weighted by atomic mass is 9.49. The Hall–Kier alpha value is -4.93. The molecule has 0 saturated carbocycles. The highest BCUT2D eigenvalue weighted by molar-refractivity contribution is 7.11. The molecule has 0 radical (unpaired) electrons. The van der Waals surface area contributed by atoms with Crippen LogP contribution in [0.3, 0.4) is 0 Å². The second-order valence-electron chi connectivity index (χ2n) is 20.4. The quantitative estimate of drug-likeness (QED) is 0.128. The molecule has 0 N–H and O–H groups in total. The maximum Gasteiger partial charge on any atom is 0.495 e. The molecule has 11 rings (SSSR count). The third-order valence-electron chi connectivity index (χ3n) is 14.4. The van der Waals surface area contributed by atoms with Crippen molar-refractivity contribution in [1.29, 1.82) is 0 Å². The smallest absolute Gasteiger partial charge is 0.455 e. The van der Waals surface area contributed by atoms with Gasteiger partial charge in [-0.1, -0.05) is 103 Å². The molecule has 7 aromatic rings. The minimum absolute atomic E-state index is 0.360. The molecule has 5 heterocycles. The van der Waals surface area contributed by atoms with Crippen molar-refractivity contribution in [3.63, 3.8) is 0 Å². The van der Waals surface area contributed by atoms with Crippen LogP contribution in [0, 0.1) is 6.08 Å². The normalized spacial score (nSPS) is 20.4. The molecule has 3 fully saturated rings. The van der Waals surface area contributed by atoms with Gasteiger partial charge in [-0.15, -0.1) is 0 Å². The van der Waals surface area contributed by atoms with E-state index >= 15 is 0 Å². The first-order valence-electron chi connectivity index (χ1n) is 22.7. The van der Waals surface area contributed by atoms with Crippen molar-refractivity contribution < 1.29 is 36.8 Å². The Balaban J connectivity index is 0.000000129. The molecule has 2 aromatic heterocycles. The molecule has 0 bridgehead atoms. The number of hydrogen-bond acceptors (Lipinski definition) is 8. The van der Waals surface area contributed by atoms with Crippen molar-refractivity contribution in [3.05, 3.63) is 139 Å². The van der Waals surface area contributed by atoms with Crippen molar-refractivity contribution in [2.45, 2.75) is 117 Å². The molecule has 3 saturated heterocycles. The van der Waals surface area contributed by atoms with E-state index in [1.165, 1.54) is 0 Å². The van der Waals surface area contributed by atoms with Gasteiger partial charge >= 0.3 is 21.1 Å². The van der Waals surface area contributed by atoms with E-state index in [1.54, 1.807) is 6.08 Å². The summed E-state index contributed by atoms with van der Waals surface area (Å²) < 4.78 is 48.8. The average molecular weight is 902 g/mol. The lowest BCUT2D eigenvalue weighted by molar-refractivity contribution is 0.00578. The Kier molecular flexibility index (Phi) is 11.7. The summed E-state index contributed by atoms with van der Waals surface area (Å²) >= 11 is 6.28. The van der Waals surface area contributed by atoms with Gasteiger partial charge in [0, 0.05) is 39.6 Å². The molecule has 5 aromatic carbocycles. The summed E-state index contributed by atoms with van der Waals surface area (Å²) in [5.41, 5.74) is 6.84. The monoisotopic (exact) mass is 901 g/mol. The number of para-hydroxylation sites is 2. The van der Waals surface area contributed by atoms with E-state index in [1.807, 2.05) is 122 Å². The van der Waals surface area contributed by atoms with Gasteiger partial charge in [-0.3, -0.25) is 0 Å². The van der Waals surface area contributed by atoms with Crippen LogP contribution in [0.15, 0.2) is 130 Å². The van der Waals surface area contributed by atoms with E-state index in [4.69, 9.17) is 48.4 Å². The first kappa shape index (κ1) is 46.2. The first-order chi connectivity index (χ1) is 31.1. The molecular weight excluding hydrogens is 844 g/mol. The number of allylic oxidation sites excluding steroid dienone is 2. The van der Waals surface area contributed by atoms with Crippen LogP contribution in [0.25, 0.3) is 66.3 Å². The van der Waals surface area contributed by atoms with Gasteiger partial charge in [0.1, 0.15) is 23.3 Å². The average Bonchev–Trinajstić information content (AvgIpc) is 4.01. The Labute approximate surface area is 395 Å². The molecule has 8 nitrogen and oxygen atoms in total. The summed E-state index contributed by atoms with van der Waals surface area (Å²) in [7, 11) is -1.37. The fraction of sp³-hybridized carbons (Fsp3) is 0.333. The fourth-order valence-corrected chi connectivity index (χ4v) is 8.74. The molecule has 1 aliphatic carbocycles. The molecule has 336 valence electrons. The van der Waals surface area contributed by atoms with E-state index < -0.39 is 21.1 Å². The van der Waals surface area contributed by atoms with Crippen molar-refractivity contribution in [1.82, 2.24) is 0 Å². The summed E-state index contributed by atoms with van der Waals surface area (Å²) in [5.74, 6) is 0.774. The maximum absolute atomic E-state index is 6.33. The van der Waals surface area contributed by atoms with Crippen LogP contribution in [-0.2, 0) is 27.9 Å². The zero-order valence-electron chi connectivity index (χ0n) is 40.0. The molecule has 12 heteroatoms. The Morgan fingerprint density at radius 2 is 0.894 bits per heavy atom. The number of rotatable bonds is 4. The number of fused-ring (bicyclic) bond motifs is 6. The van der Waals surface area contributed by atoms with Crippen molar-refractivity contribution in [2.75, 3.05) is 0 Å². The van der Waals surface area contributed by atoms with E-state index in [9.17, 15) is 0 Å². The first-order valence-corrected chi connectivity index (χ1v) is 23.1. The Bertz CT molecular complexity index is 2900. The SMILES string of the molecule is CC1(C)OB(B2OC(C)(C)C(C)(C)O2)OC1(C)C.CC1(C)OB(c2cccc3oc4c(-c5ccccc5)cccc4c23)OC1(C)C.ClC1=C[C+]=Cc2oc3c(-c4ccccc4)cccc3c21. The standard InChI is InChI=1S/C24H23BO3.C18H10ClO.C12H24B2O4/c1-23(2)24(3,4)28-25(27-23)19-14-9-15-20-21(19)18-13-8-12-17(22(18)26-20)16-10-6-5-7-11-16;19-15-10-5-11-16-17(15)14-9-4-8-13(18(14)20-16)12-6-2-1-3-7-12;1-9(2)10(3,4)16-13(15-9)14-17-11(5,6)12(7,8)18-14/h5-15H,1-4H3;1-4,6-11H;1-8H3/q;+1;. The minimum Gasteiger partial charge on any atom is -0.455 e. The number of furan rings is 2. The van der Waals surface area contributed by atoms with Gasteiger partial charge in [0.2, 0.25) is 0 Å². The highest BCUT2D eigenvalue weighted by atomic mass is 35.5. The van der Waals surface area contributed by atoms with E-state index in [0.29, 0.717) is 5.03 Å². The summed E-state index contributed by atoms with van der Waals surface area (Å²) in [4.78, 5) is 0. The van der Waals surface area contributed by atoms with Gasteiger partial charge in [0.25, 0.3) is 5.76 Å². The largest absolute Gasteiger partial charge is 0.495 e. The molecule has 4 aliphatic rings. The molecule has 0 amide bonds. The predicted molar refractivity (Wildman–Crippen MR) is 270 cm³/mol. The predicted octanol–water partition coefficient (Wildman–Crippen LogP) is 13.3. The van der Waals surface area contributed by atoms with Crippen LogP contribution < -0.4 is 5.46 Å². The number of hydrogen-bond donors (Lipinski definition) is 0. The third kappa shape index (κ3) is 8.18. The molecule has 0 atom stereocenters. The number of benzene rings is 5. The molecule has 66 heavy (non-hydrogen) atoms. The van der Waals surface area contributed by atoms with Crippen LogP contribution in [0.5, 0.6) is 0 Å². The second-order valence-corrected chi connectivity index (χ2v) is 20.8. The topological polar surface area (TPSA) is 81.7 Å². The summed E-state index contributed by atoms with van der Waals surface area (Å²) in [6.07, 6.45) is 6.60. The van der Waals surface area contributed by atoms with Gasteiger partial charge in [0.05, 0.1) is 39.0 Å². The van der Waals surface area contributed by atoms with Crippen molar-refractivity contribution in [3.8, 4) is 22.3 Å². The maximum atomic E-state index is 6.33. The van der Waals surface area contributed by atoms with Gasteiger partial charge in [-0.05, 0) is 112 Å². The molecular formula is C54H57B3ClO8+. The summed E-state index contributed by atoms with van der Waals surface area (Å²) in [6, 6.07) is 39.1. The number of halogens is 1. The summed E-state index contributed by atoms with van der Waals surface area (Å²) in [5, 5.41) is 3.86. The van der Waals surface area contributed by atoms with Crippen molar-refractivity contribution in [2.24, 2.45) is 0 Å². The van der Waals surface area contributed by atoms with Gasteiger partial charge in [-0.2, -0.15) is 0 Å². The highest BCUT2D eigenvalue weighted by Gasteiger charge is 2.63. The van der Waals surface area contributed by atoms with Gasteiger partial charge < -0.3 is 36.8 Å². The molecule has 3 aliphatic heterocycles. The van der Waals surface area contributed by atoms with E-state index in [0.717, 1.165) is 71.9 Å². The second kappa shape index (κ2) is 16.7. The third-order valence-corrected chi connectivity index (χ3v) is 14.7. The molecule has 0 unspecified atom stereocenters. The fourth-order valence-electron chi connectivity index (χ4n) is 8.48. The van der Waals surface area contributed by atoms with Crippen LogP contribution in [-0.4, -0.2) is 54.7 Å².